The van der Waals surface area contributed by atoms with Crippen molar-refractivity contribution in [3.63, 3.8) is 0 Å². The van der Waals surface area contributed by atoms with Gasteiger partial charge in [-0.1, -0.05) is 6.08 Å². The third-order valence-electron chi connectivity index (χ3n) is 2.76. The van der Waals surface area contributed by atoms with Gasteiger partial charge >= 0.3 is 5.97 Å². The first-order valence-electron chi connectivity index (χ1n) is 5.00. The van der Waals surface area contributed by atoms with Gasteiger partial charge in [-0.2, -0.15) is 0 Å². The highest BCUT2D eigenvalue weighted by molar-refractivity contribution is 5.69. The number of carbonyl (C=O) groups is 1. The van der Waals surface area contributed by atoms with E-state index >= 15 is 0 Å². The Morgan fingerprint density at radius 1 is 1.67 bits per heavy atom. The Hall–Kier alpha value is -1.39. The molecule has 0 saturated heterocycles. The van der Waals surface area contributed by atoms with Crippen LogP contribution in [0.1, 0.15) is 32.1 Å². The average Bonchev–Trinajstić information content (AvgIpc) is 2.27. The monoisotopic (exact) mass is 213 g/mol. The predicted octanol–water partition coefficient (Wildman–Crippen LogP) is 1.70. The fourth-order valence-electron chi connectivity index (χ4n) is 1.78. The molecule has 0 saturated carbocycles. The molecule has 84 valence electrons. The zero-order valence-electron chi connectivity index (χ0n) is 8.77. The second-order valence-corrected chi connectivity index (χ2v) is 3.73. The van der Waals surface area contributed by atoms with E-state index in [0.29, 0.717) is 6.42 Å². The molecule has 0 aromatic rings. The fourth-order valence-corrected chi connectivity index (χ4v) is 1.78. The largest absolute Gasteiger partial charge is 0.469 e. The smallest absolute Gasteiger partial charge is 0.305 e. The molecule has 0 N–H and O–H groups in total. The molecule has 0 aliphatic heterocycles. The van der Waals surface area contributed by atoms with Crippen LogP contribution < -0.4 is 0 Å². The van der Waals surface area contributed by atoms with Gasteiger partial charge in [0.2, 0.25) is 5.54 Å². The Kier molecular flexibility index (Phi) is 3.82. The zero-order valence-corrected chi connectivity index (χ0v) is 8.77. The number of methoxy groups -OCH3 is 1. The van der Waals surface area contributed by atoms with Crippen molar-refractivity contribution in [3.8, 4) is 0 Å². The number of nitro groups is 1. The third-order valence-corrected chi connectivity index (χ3v) is 2.76. The summed E-state index contributed by atoms with van der Waals surface area (Å²) in [5, 5.41) is 11.0. The lowest BCUT2D eigenvalue weighted by atomic mass is 9.84. The maximum absolute atomic E-state index is 11.0. The van der Waals surface area contributed by atoms with E-state index in [1.54, 1.807) is 6.08 Å². The number of carbonyl (C=O) groups excluding carboxylic acids is 1. The van der Waals surface area contributed by atoms with Gasteiger partial charge in [-0.05, 0) is 18.9 Å². The highest BCUT2D eigenvalue weighted by Crippen LogP contribution is 2.29. The molecular weight excluding hydrogens is 198 g/mol. The van der Waals surface area contributed by atoms with Gasteiger partial charge in [0.1, 0.15) is 0 Å². The van der Waals surface area contributed by atoms with E-state index in [2.05, 4.69) is 4.74 Å². The first-order valence-corrected chi connectivity index (χ1v) is 5.00. The van der Waals surface area contributed by atoms with Gasteiger partial charge in [-0.15, -0.1) is 0 Å². The first kappa shape index (κ1) is 11.7. The Labute approximate surface area is 88.3 Å². The van der Waals surface area contributed by atoms with Crippen LogP contribution in [0.2, 0.25) is 0 Å². The van der Waals surface area contributed by atoms with Crippen LogP contribution in [0.25, 0.3) is 0 Å². The van der Waals surface area contributed by atoms with Crippen molar-refractivity contribution in [1.82, 2.24) is 0 Å². The van der Waals surface area contributed by atoms with Crippen LogP contribution in [0.3, 0.4) is 0 Å². The molecule has 1 aliphatic rings. The van der Waals surface area contributed by atoms with E-state index in [1.165, 1.54) is 7.11 Å². The molecule has 5 heteroatoms. The van der Waals surface area contributed by atoms with Gasteiger partial charge in [0.05, 0.1) is 13.5 Å². The van der Waals surface area contributed by atoms with Crippen molar-refractivity contribution in [2.75, 3.05) is 7.11 Å². The number of rotatable bonds is 4. The van der Waals surface area contributed by atoms with Gasteiger partial charge < -0.3 is 4.74 Å². The number of nitrogens with zero attached hydrogens (tertiary/aromatic N) is 1. The molecule has 0 heterocycles. The summed E-state index contributed by atoms with van der Waals surface area (Å²) >= 11 is 0. The van der Waals surface area contributed by atoms with Crippen LogP contribution in [0, 0.1) is 10.1 Å². The SMILES string of the molecule is COC(=O)CCC1([N+](=O)[O-])C=CCCC1. The Morgan fingerprint density at radius 2 is 2.40 bits per heavy atom. The van der Waals surface area contributed by atoms with Crippen LogP contribution in [-0.2, 0) is 9.53 Å². The summed E-state index contributed by atoms with van der Waals surface area (Å²) in [7, 11) is 1.29. The molecular formula is C10H15NO4. The van der Waals surface area contributed by atoms with E-state index in [1.807, 2.05) is 6.08 Å². The lowest BCUT2D eigenvalue weighted by Crippen LogP contribution is -2.38. The highest BCUT2D eigenvalue weighted by atomic mass is 16.6. The molecule has 0 radical (unpaired) electrons. The summed E-state index contributed by atoms with van der Waals surface area (Å²) in [6.07, 6.45) is 5.97. The average molecular weight is 213 g/mol. The minimum Gasteiger partial charge on any atom is -0.469 e. The highest BCUT2D eigenvalue weighted by Gasteiger charge is 2.40. The zero-order chi connectivity index (χ0) is 11.3. The summed E-state index contributed by atoms with van der Waals surface area (Å²) in [4.78, 5) is 21.6. The van der Waals surface area contributed by atoms with Gasteiger partial charge in [-0.3, -0.25) is 14.9 Å². The van der Waals surface area contributed by atoms with Gasteiger partial charge in [0, 0.05) is 17.8 Å². The predicted molar refractivity (Wildman–Crippen MR) is 54.0 cm³/mol. The van der Waals surface area contributed by atoms with E-state index < -0.39 is 11.5 Å². The first-order chi connectivity index (χ1) is 7.10. The number of ether oxygens (including phenoxy) is 1. The van der Waals surface area contributed by atoms with E-state index in [4.69, 9.17) is 0 Å². The van der Waals surface area contributed by atoms with Crippen molar-refractivity contribution in [1.29, 1.82) is 0 Å². The van der Waals surface area contributed by atoms with Crippen molar-refractivity contribution in [2.24, 2.45) is 0 Å². The van der Waals surface area contributed by atoms with E-state index in [9.17, 15) is 14.9 Å². The lowest BCUT2D eigenvalue weighted by molar-refractivity contribution is -0.558. The molecule has 0 amide bonds. The van der Waals surface area contributed by atoms with Gasteiger partial charge in [-0.25, -0.2) is 0 Å². The normalized spacial score (nSPS) is 24.9. The number of esters is 1. The molecule has 15 heavy (non-hydrogen) atoms. The van der Waals surface area contributed by atoms with Crippen LogP contribution in [0.5, 0.6) is 0 Å². The Balaban J connectivity index is 2.66. The Morgan fingerprint density at radius 3 is 2.87 bits per heavy atom. The molecule has 0 aromatic heterocycles. The fraction of sp³-hybridized carbons (Fsp3) is 0.700. The van der Waals surface area contributed by atoms with Crippen molar-refractivity contribution >= 4 is 5.97 Å². The van der Waals surface area contributed by atoms with Crippen molar-refractivity contribution in [2.45, 2.75) is 37.6 Å². The number of allylic oxidation sites excluding steroid dienone is 1. The minimum absolute atomic E-state index is 0.0990. The van der Waals surface area contributed by atoms with Crippen LogP contribution >= 0.6 is 0 Å². The van der Waals surface area contributed by atoms with E-state index in [0.717, 1.165) is 12.8 Å². The second-order valence-electron chi connectivity index (χ2n) is 3.73. The van der Waals surface area contributed by atoms with Crippen LogP contribution in [-0.4, -0.2) is 23.5 Å². The topological polar surface area (TPSA) is 69.4 Å². The second kappa shape index (κ2) is 4.91. The number of hydrogen-bond donors (Lipinski definition) is 0. The maximum Gasteiger partial charge on any atom is 0.305 e. The Bertz CT molecular complexity index is 287. The molecule has 0 fully saturated rings. The van der Waals surface area contributed by atoms with Gasteiger partial charge in [0.25, 0.3) is 0 Å². The number of hydrogen-bond acceptors (Lipinski definition) is 4. The van der Waals surface area contributed by atoms with Crippen molar-refractivity contribution in [3.05, 3.63) is 22.3 Å². The lowest BCUT2D eigenvalue weighted by Gasteiger charge is -2.24. The summed E-state index contributed by atoms with van der Waals surface area (Å²) < 4.78 is 4.48. The summed E-state index contributed by atoms with van der Waals surface area (Å²) in [6.45, 7) is 0. The minimum atomic E-state index is -1.05. The molecule has 0 spiro atoms. The third kappa shape index (κ3) is 2.78. The van der Waals surface area contributed by atoms with E-state index in [-0.39, 0.29) is 17.8 Å². The summed E-state index contributed by atoms with van der Waals surface area (Å²) in [5.41, 5.74) is -1.05. The standard InChI is InChI=1S/C10H15NO4/c1-15-9(12)5-8-10(11(13)14)6-3-2-4-7-10/h3,6H,2,4-5,7-8H2,1H3. The van der Waals surface area contributed by atoms with Gasteiger partial charge in [0.15, 0.2) is 0 Å². The molecule has 1 atom stereocenters. The molecule has 1 rings (SSSR count). The molecule has 5 nitrogen and oxygen atoms in total. The van der Waals surface area contributed by atoms with Crippen molar-refractivity contribution < 1.29 is 14.5 Å². The van der Waals surface area contributed by atoms with Crippen LogP contribution in [0.15, 0.2) is 12.2 Å². The molecule has 0 bridgehead atoms. The molecule has 1 aliphatic carbocycles. The molecule has 0 aromatic carbocycles. The maximum atomic E-state index is 11.0. The quantitative estimate of drug-likeness (QED) is 0.308. The van der Waals surface area contributed by atoms with Crippen LogP contribution in [0.4, 0.5) is 0 Å². The molecule has 1 unspecified atom stereocenters. The summed E-state index contributed by atoms with van der Waals surface area (Å²) in [5.74, 6) is -0.393. The summed E-state index contributed by atoms with van der Waals surface area (Å²) in [6, 6.07) is 0.